The average molecular weight is 345 g/mol. The zero-order valence-electron chi connectivity index (χ0n) is 16.0. The second-order valence-electron chi connectivity index (χ2n) is 7.74. The monoisotopic (exact) mass is 344 g/mol. The molecule has 1 fully saturated rings. The van der Waals surface area contributed by atoms with Gasteiger partial charge in [-0.1, -0.05) is 44.2 Å². The number of guanidine groups is 1. The fourth-order valence-electron chi connectivity index (χ4n) is 2.66. The van der Waals surface area contributed by atoms with Gasteiger partial charge in [-0.25, -0.2) is 4.99 Å². The van der Waals surface area contributed by atoms with E-state index in [-0.39, 0.29) is 12.5 Å². The molecule has 0 radical (unpaired) electrons. The van der Waals surface area contributed by atoms with E-state index in [1.54, 1.807) is 19.0 Å². The Kier molecular flexibility index (Phi) is 6.85. The van der Waals surface area contributed by atoms with Gasteiger partial charge in [0.25, 0.3) is 0 Å². The van der Waals surface area contributed by atoms with Gasteiger partial charge in [0.1, 0.15) is 6.54 Å². The lowest BCUT2D eigenvalue weighted by Gasteiger charge is -2.20. The van der Waals surface area contributed by atoms with E-state index in [1.807, 2.05) is 0 Å². The molecule has 25 heavy (non-hydrogen) atoms. The molecule has 1 aromatic carbocycles. The van der Waals surface area contributed by atoms with Crippen LogP contribution in [0.5, 0.6) is 0 Å². The Hall–Kier alpha value is -2.04. The van der Waals surface area contributed by atoms with Crippen molar-refractivity contribution in [2.24, 2.45) is 16.3 Å². The van der Waals surface area contributed by atoms with Crippen LogP contribution in [0.4, 0.5) is 0 Å². The first kappa shape index (κ1) is 19.3. The van der Waals surface area contributed by atoms with Gasteiger partial charge >= 0.3 is 0 Å². The quantitative estimate of drug-likeness (QED) is 0.562. The van der Waals surface area contributed by atoms with Crippen molar-refractivity contribution in [2.45, 2.75) is 33.1 Å². The fourth-order valence-corrected chi connectivity index (χ4v) is 2.66. The maximum Gasteiger partial charge on any atom is 0.243 e. The van der Waals surface area contributed by atoms with Crippen molar-refractivity contribution in [2.75, 3.05) is 33.7 Å². The number of amides is 1. The molecule has 2 N–H and O–H groups in total. The molecule has 5 nitrogen and oxygen atoms in total. The molecular formula is C20H32N4O. The van der Waals surface area contributed by atoms with Crippen LogP contribution in [-0.4, -0.2) is 50.5 Å². The maximum atomic E-state index is 11.8. The molecule has 0 aromatic heterocycles. The van der Waals surface area contributed by atoms with E-state index in [0.29, 0.717) is 11.3 Å². The smallest absolute Gasteiger partial charge is 0.243 e. The summed E-state index contributed by atoms with van der Waals surface area (Å²) in [5, 5.41) is 6.81. The highest BCUT2D eigenvalue weighted by molar-refractivity contribution is 5.84. The van der Waals surface area contributed by atoms with E-state index >= 15 is 0 Å². The Morgan fingerprint density at radius 2 is 1.88 bits per heavy atom. The lowest BCUT2D eigenvalue weighted by atomic mass is 9.96. The molecule has 2 rings (SSSR count). The van der Waals surface area contributed by atoms with Gasteiger partial charge in [0.15, 0.2) is 5.96 Å². The number of nitrogens with one attached hydrogen (secondary N) is 2. The molecule has 1 amide bonds. The molecule has 0 unspecified atom stereocenters. The molecule has 0 aliphatic heterocycles. The van der Waals surface area contributed by atoms with Crippen LogP contribution in [0.2, 0.25) is 0 Å². The molecule has 0 spiro atoms. The van der Waals surface area contributed by atoms with E-state index in [4.69, 9.17) is 0 Å². The first-order valence-electron chi connectivity index (χ1n) is 9.16. The summed E-state index contributed by atoms with van der Waals surface area (Å²) in [6, 6.07) is 10.7. The minimum atomic E-state index is 0.0102. The molecule has 1 aliphatic carbocycles. The third-order valence-corrected chi connectivity index (χ3v) is 4.56. The van der Waals surface area contributed by atoms with Crippen molar-refractivity contribution >= 4 is 11.9 Å². The Labute approximate surface area is 151 Å². The number of hydrogen-bond donors (Lipinski definition) is 2. The molecule has 1 aromatic rings. The standard InChI is InChI=1S/C20H32N4O/c1-16(2)13-21-19(22-14-18(25)24(3)4)23-15-20(10-11-20)12-17-8-6-5-7-9-17/h5-9,16H,10-15H2,1-4H3,(H2,21,22,23). The van der Waals surface area contributed by atoms with E-state index in [9.17, 15) is 4.79 Å². The van der Waals surface area contributed by atoms with Crippen molar-refractivity contribution in [1.82, 2.24) is 15.5 Å². The van der Waals surface area contributed by atoms with Crippen molar-refractivity contribution in [3.05, 3.63) is 35.9 Å². The van der Waals surface area contributed by atoms with Gasteiger partial charge in [0.2, 0.25) is 5.91 Å². The molecule has 0 saturated heterocycles. The number of carbonyl (C=O) groups is 1. The van der Waals surface area contributed by atoms with Crippen LogP contribution < -0.4 is 10.6 Å². The van der Waals surface area contributed by atoms with E-state index in [0.717, 1.165) is 25.5 Å². The van der Waals surface area contributed by atoms with Crippen LogP contribution in [0.25, 0.3) is 0 Å². The Balaban J connectivity index is 1.91. The minimum Gasteiger partial charge on any atom is -0.356 e. The Bertz CT molecular complexity index is 577. The third kappa shape index (κ3) is 6.77. The first-order chi connectivity index (χ1) is 11.9. The highest BCUT2D eigenvalue weighted by atomic mass is 16.2. The summed E-state index contributed by atoms with van der Waals surface area (Å²) in [6.07, 6.45) is 3.57. The lowest BCUT2D eigenvalue weighted by molar-refractivity contribution is -0.127. The van der Waals surface area contributed by atoms with Crippen molar-refractivity contribution in [1.29, 1.82) is 0 Å². The van der Waals surface area contributed by atoms with Gasteiger partial charge < -0.3 is 15.5 Å². The summed E-state index contributed by atoms with van der Waals surface area (Å²) >= 11 is 0. The highest BCUT2D eigenvalue weighted by Gasteiger charge is 2.42. The molecular weight excluding hydrogens is 312 g/mol. The summed E-state index contributed by atoms with van der Waals surface area (Å²) in [7, 11) is 3.51. The van der Waals surface area contributed by atoms with E-state index in [1.165, 1.54) is 18.4 Å². The predicted octanol–water partition coefficient (Wildman–Crippen LogP) is 2.29. The maximum absolute atomic E-state index is 11.8. The fraction of sp³-hybridized carbons (Fsp3) is 0.600. The molecule has 138 valence electrons. The van der Waals surface area contributed by atoms with Gasteiger partial charge in [0.05, 0.1) is 0 Å². The third-order valence-electron chi connectivity index (χ3n) is 4.56. The highest BCUT2D eigenvalue weighted by Crippen LogP contribution is 2.47. The van der Waals surface area contributed by atoms with Crippen molar-refractivity contribution in [3.63, 3.8) is 0 Å². The molecule has 0 atom stereocenters. The minimum absolute atomic E-state index is 0.0102. The Morgan fingerprint density at radius 3 is 2.44 bits per heavy atom. The van der Waals surface area contributed by atoms with Crippen LogP contribution in [0, 0.1) is 11.3 Å². The summed E-state index contributed by atoms with van der Waals surface area (Å²) in [5.41, 5.74) is 1.71. The molecule has 1 aliphatic rings. The van der Waals surface area contributed by atoms with Gasteiger partial charge in [-0.2, -0.15) is 0 Å². The molecule has 0 heterocycles. The SMILES string of the molecule is CC(C)CNC(=NCC(=O)N(C)C)NCC1(Cc2ccccc2)CC1. The number of benzene rings is 1. The van der Waals surface area contributed by atoms with Crippen molar-refractivity contribution in [3.8, 4) is 0 Å². The van der Waals surface area contributed by atoms with E-state index < -0.39 is 0 Å². The largest absolute Gasteiger partial charge is 0.356 e. The molecule has 5 heteroatoms. The second kappa shape index (κ2) is 8.88. The van der Waals surface area contributed by atoms with Crippen LogP contribution in [-0.2, 0) is 11.2 Å². The number of carbonyl (C=O) groups excluding carboxylic acids is 1. The molecule has 1 saturated carbocycles. The van der Waals surface area contributed by atoms with Crippen molar-refractivity contribution < 1.29 is 4.79 Å². The summed E-state index contributed by atoms with van der Waals surface area (Å²) in [6.45, 7) is 6.22. The Morgan fingerprint density at radius 1 is 1.20 bits per heavy atom. The molecule has 0 bridgehead atoms. The zero-order chi connectivity index (χ0) is 18.3. The summed E-state index contributed by atoms with van der Waals surface area (Å²) in [4.78, 5) is 17.8. The predicted molar refractivity (Wildman–Crippen MR) is 104 cm³/mol. The van der Waals surface area contributed by atoms with Gasteiger partial charge in [-0.3, -0.25) is 4.79 Å². The first-order valence-corrected chi connectivity index (χ1v) is 9.16. The van der Waals surface area contributed by atoms with Gasteiger partial charge in [-0.05, 0) is 36.2 Å². The average Bonchev–Trinajstić information content (AvgIpc) is 3.34. The van der Waals surface area contributed by atoms with Crippen LogP contribution in [0.1, 0.15) is 32.3 Å². The lowest BCUT2D eigenvalue weighted by Crippen LogP contribution is -2.42. The topological polar surface area (TPSA) is 56.7 Å². The van der Waals surface area contributed by atoms with Crippen LogP contribution in [0.3, 0.4) is 0 Å². The number of nitrogens with zero attached hydrogens (tertiary/aromatic N) is 2. The number of rotatable bonds is 8. The summed E-state index contributed by atoms with van der Waals surface area (Å²) < 4.78 is 0. The van der Waals surface area contributed by atoms with E-state index in [2.05, 4.69) is 59.8 Å². The van der Waals surface area contributed by atoms with Crippen LogP contribution in [0.15, 0.2) is 35.3 Å². The number of aliphatic imine (C=N–C) groups is 1. The second-order valence-corrected chi connectivity index (χ2v) is 7.74. The van der Waals surface area contributed by atoms with Gasteiger partial charge in [-0.15, -0.1) is 0 Å². The normalized spacial score (nSPS) is 15.8. The zero-order valence-corrected chi connectivity index (χ0v) is 16.0. The number of likely N-dealkylation sites (N-methyl/N-ethyl adjacent to an activating group) is 1. The van der Waals surface area contributed by atoms with Crippen LogP contribution >= 0.6 is 0 Å². The summed E-state index contributed by atoms with van der Waals surface area (Å²) in [5.74, 6) is 1.27. The number of hydrogen-bond acceptors (Lipinski definition) is 2. The van der Waals surface area contributed by atoms with Gasteiger partial charge in [0, 0.05) is 27.2 Å².